The van der Waals surface area contributed by atoms with Gasteiger partial charge in [0, 0.05) is 38.6 Å². The fourth-order valence-corrected chi connectivity index (χ4v) is 5.29. The number of rotatable bonds is 17. The molecule has 1 aromatic heterocycles. The molecule has 0 aliphatic carbocycles. The van der Waals surface area contributed by atoms with Crippen molar-refractivity contribution in [2.45, 2.75) is 53.2 Å². The normalized spacial score (nSPS) is 11.3. The van der Waals surface area contributed by atoms with E-state index in [-0.39, 0.29) is 45.5 Å². The van der Waals surface area contributed by atoms with E-state index in [1.807, 2.05) is 52.0 Å². The van der Waals surface area contributed by atoms with E-state index in [4.69, 9.17) is 28.6 Å². The number of hydrogen-bond acceptors (Lipinski definition) is 9. The lowest BCUT2D eigenvalue weighted by Gasteiger charge is -2.14. The molecule has 0 bridgehead atoms. The van der Waals surface area contributed by atoms with Crippen molar-refractivity contribution in [2.75, 3.05) is 26.1 Å². The fraction of sp³-hybridized carbons (Fsp3) is 0.282. The molecule has 0 fully saturated rings. The number of amides is 1. The number of methoxy groups -OCH3 is 2. The van der Waals surface area contributed by atoms with Crippen LogP contribution in [0, 0.1) is 5.82 Å². The van der Waals surface area contributed by atoms with Crippen LogP contribution in [-0.4, -0.2) is 42.9 Å². The summed E-state index contributed by atoms with van der Waals surface area (Å²) >= 11 is 1.34. The number of carbonyl (C=O) groups is 1. The number of aliphatic hydroxyl groups excluding tert-OH is 1. The molecule has 52 heavy (non-hydrogen) atoms. The van der Waals surface area contributed by atoms with Crippen LogP contribution in [0.5, 0.6) is 23.0 Å². The number of allylic oxidation sites excluding steroid dienone is 4. The van der Waals surface area contributed by atoms with Gasteiger partial charge in [-0.1, -0.05) is 32.6 Å². The summed E-state index contributed by atoms with van der Waals surface area (Å²) in [5, 5.41) is 14.5. The Labute approximate surface area is 310 Å². The number of ether oxygens (including phenoxy) is 4. The third kappa shape index (κ3) is 15.7. The Balaban J connectivity index is 0.000000529. The molecule has 0 saturated carbocycles. The summed E-state index contributed by atoms with van der Waals surface area (Å²) in [6.07, 6.45) is 6.90. The van der Waals surface area contributed by atoms with Gasteiger partial charge in [0.25, 0.3) is 5.91 Å². The van der Waals surface area contributed by atoms with Crippen molar-refractivity contribution in [3.8, 4) is 23.0 Å². The SMILES string of the molecule is C=C/C=C(OC)\C(F)=C/CCCO.CC.COc1ccc(COPc2ccc(Oc3cc(OC(C)C)cc(C(=O)Nc4nccs4)c3)cc2)cc1F. The minimum absolute atomic E-state index is 0.0667. The second kappa shape index (κ2) is 24.6. The minimum Gasteiger partial charge on any atom is -0.494 e. The van der Waals surface area contributed by atoms with E-state index in [1.54, 1.807) is 41.9 Å². The fourth-order valence-electron chi connectivity index (χ4n) is 4.06. The lowest BCUT2D eigenvalue weighted by atomic mass is 10.2. The smallest absolute Gasteiger partial charge is 0.257 e. The van der Waals surface area contributed by atoms with Gasteiger partial charge in [0.05, 0.1) is 26.9 Å². The number of carbonyl (C=O) groups excluding carboxylic acids is 1. The lowest BCUT2D eigenvalue weighted by molar-refractivity contribution is 0.102. The highest BCUT2D eigenvalue weighted by atomic mass is 32.1. The van der Waals surface area contributed by atoms with E-state index >= 15 is 0 Å². The monoisotopic (exact) mass is 756 g/mol. The Bertz CT molecular complexity index is 1720. The number of nitrogens with zero attached hydrogens (tertiary/aromatic N) is 1. The molecule has 0 spiro atoms. The number of unbranched alkanes of at least 4 members (excludes halogenated alkanes) is 1. The van der Waals surface area contributed by atoms with E-state index in [0.29, 0.717) is 40.8 Å². The molecule has 4 rings (SSSR count). The maximum atomic E-state index is 13.8. The second-order valence-corrected chi connectivity index (χ2v) is 12.5. The van der Waals surface area contributed by atoms with Crippen molar-refractivity contribution in [2.24, 2.45) is 0 Å². The van der Waals surface area contributed by atoms with Crippen LogP contribution >= 0.6 is 20.1 Å². The molecule has 0 aliphatic rings. The van der Waals surface area contributed by atoms with E-state index in [2.05, 4.69) is 16.9 Å². The van der Waals surface area contributed by atoms with Crippen molar-refractivity contribution < 1.29 is 42.2 Å². The third-order valence-electron chi connectivity index (χ3n) is 6.31. The number of benzene rings is 3. The van der Waals surface area contributed by atoms with Crippen LogP contribution in [0.25, 0.3) is 0 Å². The molecular formula is C39H47F2N2O7PS. The van der Waals surface area contributed by atoms with Crippen LogP contribution in [-0.2, 0) is 15.9 Å². The van der Waals surface area contributed by atoms with Gasteiger partial charge in [-0.05, 0) is 98.2 Å². The largest absolute Gasteiger partial charge is 0.494 e. The molecule has 2 N–H and O–H groups in total. The summed E-state index contributed by atoms with van der Waals surface area (Å²) in [4.78, 5) is 16.9. The number of thiazole rings is 1. The Kier molecular flexibility index (Phi) is 20.6. The molecule has 280 valence electrons. The highest BCUT2D eigenvalue weighted by Crippen LogP contribution is 2.29. The first-order valence-corrected chi connectivity index (χ1v) is 18.3. The van der Waals surface area contributed by atoms with Gasteiger partial charge >= 0.3 is 0 Å². The summed E-state index contributed by atoms with van der Waals surface area (Å²) in [6, 6.07) is 17.3. The summed E-state index contributed by atoms with van der Waals surface area (Å²) in [5.41, 5.74) is 1.12. The van der Waals surface area contributed by atoms with Crippen molar-refractivity contribution in [3.63, 3.8) is 0 Å². The number of aliphatic hydroxyl groups is 1. The van der Waals surface area contributed by atoms with Gasteiger partial charge in [-0.15, -0.1) is 11.3 Å². The first kappa shape index (κ1) is 43.6. The molecule has 0 saturated heterocycles. The number of halogens is 2. The molecule has 0 radical (unpaired) electrons. The van der Waals surface area contributed by atoms with Crippen molar-refractivity contribution in [1.82, 2.24) is 4.98 Å². The Morgan fingerprint density at radius 1 is 1.06 bits per heavy atom. The first-order chi connectivity index (χ1) is 25.1. The quantitative estimate of drug-likeness (QED) is 0.0475. The zero-order chi connectivity index (χ0) is 38.3. The highest BCUT2D eigenvalue weighted by molar-refractivity contribution is 7.41. The Hall–Kier alpha value is -4.61. The average molecular weight is 757 g/mol. The number of aromatic nitrogens is 1. The van der Waals surface area contributed by atoms with Crippen LogP contribution in [0.15, 0.2) is 109 Å². The van der Waals surface area contributed by atoms with Crippen LogP contribution in [0.1, 0.15) is 56.5 Å². The zero-order valence-corrected chi connectivity index (χ0v) is 32.1. The van der Waals surface area contributed by atoms with E-state index in [9.17, 15) is 13.6 Å². The van der Waals surface area contributed by atoms with Gasteiger partial charge in [-0.2, -0.15) is 0 Å². The first-order valence-electron chi connectivity index (χ1n) is 16.5. The van der Waals surface area contributed by atoms with Crippen molar-refractivity contribution in [1.29, 1.82) is 0 Å². The van der Waals surface area contributed by atoms with Gasteiger partial charge in [0.2, 0.25) is 0 Å². The predicted octanol–water partition coefficient (Wildman–Crippen LogP) is 9.91. The molecule has 1 unspecified atom stereocenters. The maximum absolute atomic E-state index is 13.8. The van der Waals surface area contributed by atoms with Gasteiger partial charge < -0.3 is 28.6 Å². The van der Waals surface area contributed by atoms with Crippen molar-refractivity contribution in [3.05, 3.63) is 126 Å². The third-order valence-corrected chi connectivity index (χ3v) is 7.86. The summed E-state index contributed by atoms with van der Waals surface area (Å²) in [6.45, 7) is 11.6. The van der Waals surface area contributed by atoms with Crippen LogP contribution < -0.4 is 24.8 Å². The van der Waals surface area contributed by atoms with Gasteiger partial charge in [-0.25, -0.2) is 13.8 Å². The van der Waals surface area contributed by atoms with E-state index in [1.165, 1.54) is 49.9 Å². The van der Waals surface area contributed by atoms with Gasteiger partial charge in [0.15, 0.2) is 28.3 Å². The highest BCUT2D eigenvalue weighted by Gasteiger charge is 2.13. The molecule has 9 nitrogen and oxygen atoms in total. The predicted molar refractivity (Wildman–Crippen MR) is 207 cm³/mol. The molecular weight excluding hydrogens is 709 g/mol. The number of hydrogen-bond donors (Lipinski definition) is 2. The summed E-state index contributed by atoms with van der Waals surface area (Å²) < 4.78 is 54.2. The molecule has 1 amide bonds. The standard InChI is InChI=1S/C27H26FN2O5PS.C10H15FO2.C2H6/c1-17(2)34-21-13-19(26(31)30-27-29-10-11-37-27)14-22(15-21)35-20-5-7-23(8-6-20)36-33-16-18-4-9-25(32-3)24(28)12-18;1-3-6-10(13-2)9(11)7-4-5-8-12;1-2/h4-15,17,36H,16H2,1-3H3,(H,29,30,31);3,6-7,12H,1,4-5,8H2,2H3;1-2H3/b;9-7+,10-6+;. The van der Waals surface area contributed by atoms with Crippen molar-refractivity contribution >= 4 is 36.5 Å². The second-order valence-electron chi connectivity index (χ2n) is 10.5. The maximum Gasteiger partial charge on any atom is 0.257 e. The molecule has 0 aliphatic heterocycles. The summed E-state index contributed by atoms with van der Waals surface area (Å²) in [7, 11) is 2.91. The molecule has 3 aromatic carbocycles. The van der Waals surface area contributed by atoms with Gasteiger partial charge in [-0.3, -0.25) is 10.1 Å². The molecule has 13 heteroatoms. The van der Waals surface area contributed by atoms with Crippen LogP contribution in [0.3, 0.4) is 0 Å². The van der Waals surface area contributed by atoms with Gasteiger partial charge in [0.1, 0.15) is 17.2 Å². The van der Waals surface area contributed by atoms with Crippen LogP contribution in [0.2, 0.25) is 0 Å². The zero-order valence-electron chi connectivity index (χ0n) is 30.3. The van der Waals surface area contributed by atoms with E-state index < -0.39 is 11.6 Å². The minimum atomic E-state index is -0.421. The summed E-state index contributed by atoms with van der Waals surface area (Å²) in [5.74, 6) is 0.811. The topological polar surface area (TPSA) is 108 Å². The molecule has 1 atom stereocenters. The Morgan fingerprint density at radius 3 is 2.38 bits per heavy atom. The Morgan fingerprint density at radius 2 is 1.79 bits per heavy atom. The average Bonchev–Trinajstić information content (AvgIpc) is 3.65. The van der Waals surface area contributed by atoms with Crippen LogP contribution in [0.4, 0.5) is 13.9 Å². The molecule has 4 aromatic rings. The number of nitrogens with one attached hydrogen (secondary N) is 1. The number of anilines is 1. The van der Waals surface area contributed by atoms with E-state index in [0.717, 1.165) is 10.9 Å². The lowest BCUT2D eigenvalue weighted by Crippen LogP contribution is -2.13. The molecule has 1 heterocycles.